The molecular weight excluding hydrogens is 319 g/mol. The first-order chi connectivity index (χ1) is 9.59. The highest BCUT2D eigenvalue weighted by molar-refractivity contribution is 6.38. The van der Waals surface area contributed by atoms with Crippen molar-refractivity contribution in [3.8, 4) is 0 Å². The fourth-order valence-corrected chi connectivity index (χ4v) is 2.21. The Morgan fingerprint density at radius 1 is 0.950 bits per heavy atom. The number of carbonyl (C=O) groups is 1. The average Bonchev–Trinajstić information content (AvgIpc) is 2.42. The van der Waals surface area contributed by atoms with Gasteiger partial charge in [0.1, 0.15) is 0 Å². The highest BCUT2D eigenvalue weighted by atomic mass is 35.5. The lowest BCUT2D eigenvalue weighted by molar-refractivity contribution is 0.0955. The molecule has 0 atom stereocenters. The summed E-state index contributed by atoms with van der Waals surface area (Å²) in [5.74, 6) is -0.407. The molecule has 0 saturated carbocycles. The summed E-state index contributed by atoms with van der Waals surface area (Å²) in [6.45, 7) is 0. The molecule has 0 heterocycles. The number of rotatable bonds is 3. The minimum Gasteiger partial charge on any atom is -0.267 e. The second-order valence-corrected chi connectivity index (χ2v) is 5.04. The Balaban J connectivity index is 2.11. The van der Waals surface area contributed by atoms with Crippen LogP contribution >= 0.6 is 34.8 Å². The summed E-state index contributed by atoms with van der Waals surface area (Å²) < 4.78 is 0. The zero-order valence-electron chi connectivity index (χ0n) is 10.1. The second-order valence-electron chi connectivity index (χ2n) is 3.81. The predicted molar refractivity (Wildman–Crippen MR) is 83.0 cm³/mol. The molecule has 0 radical (unpaired) electrons. The zero-order valence-corrected chi connectivity index (χ0v) is 12.4. The van der Waals surface area contributed by atoms with Gasteiger partial charge in [-0.25, -0.2) is 5.43 Å². The number of halogens is 3. The van der Waals surface area contributed by atoms with Crippen LogP contribution < -0.4 is 5.43 Å². The number of carbonyl (C=O) groups excluding carboxylic acids is 1. The molecule has 6 heteroatoms. The lowest BCUT2D eigenvalue weighted by Crippen LogP contribution is -2.18. The van der Waals surface area contributed by atoms with Gasteiger partial charge in [0.2, 0.25) is 0 Å². The van der Waals surface area contributed by atoms with Gasteiger partial charge in [-0.3, -0.25) is 4.79 Å². The lowest BCUT2D eigenvalue weighted by atomic mass is 10.2. The van der Waals surface area contributed by atoms with Crippen molar-refractivity contribution < 1.29 is 4.79 Å². The molecule has 20 heavy (non-hydrogen) atoms. The van der Waals surface area contributed by atoms with Crippen LogP contribution in [0.25, 0.3) is 0 Å². The van der Waals surface area contributed by atoms with Crippen molar-refractivity contribution >= 4 is 46.9 Å². The Morgan fingerprint density at radius 2 is 1.55 bits per heavy atom. The van der Waals surface area contributed by atoms with Crippen LogP contribution in [0.5, 0.6) is 0 Å². The summed E-state index contributed by atoms with van der Waals surface area (Å²) in [6.07, 6.45) is 1.39. The summed E-state index contributed by atoms with van der Waals surface area (Å²) in [6, 6.07) is 11.8. The van der Waals surface area contributed by atoms with Gasteiger partial charge in [-0.15, -0.1) is 0 Å². The van der Waals surface area contributed by atoms with E-state index in [1.54, 1.807) is 42.5 Å². The third-order valence-corrected chi connectivity index (χ3v) is 3.47. The average molecular weight is 328 g/mol. The van der Waals surface area contributed by atoms with Crippen LogP contribution in [0, 0.1) is 0 Å². The van der Waals surface area contributed by atoms with E-state index in [4.69, 9.17) is 34.8 Å². The van der Waals surface area contributed by atoms with Crippen LogP contribution in [0.2, 0.25) is 15.1 Å². The second kappa shape index (κ2) is 6.75. The number of hydrogen-bond donors (Lipinski definition) is 1. The molecule has 102 valence electrons. The summed E-state index contributed by atoms with van der Waals surface area (Å²) in [4.78, 5) is 11.9. The van der Waals surface area contributed by atoms with Gasteiger partial charge in [-0.1, -0.05) is 53.0 Å². The molecule has 0 fully saturated rings. The molecule has 1 amide bonds. The molecule has 0 aliphatic rings. The quantitative estimate of drug-likeness (QED) is 0.658. The maximum atomic E-state index is 11.9. The van der Waals surface area contributed by atoms with E-state index in [-0.39, 0.29) is 0 Å². The molecule has 2 aromatic rings. The topological polar surface area (TPSA) is 41.5 Å². The van der Waals surface area contributed by atoms with E-state index in [2.05, 4.69) is 10.5 Å². The number of nitrogens with zero attached hydrogens (tertiary/aromatic N) is 1. The van der Waals surface area contributed by atoms with Crippen LogP contribution in [0.4, 0.5) is 0 Å². The Bertz CT molecular complexity index is 651. The van der Waals surface area contributed by atoms with Crippen molar-refractivity contribution in [2.75, 3.05) is 0 Å². The van der Waals surface area contributed by atoms with Crippen molar-refractivity contribution in [1.29, 1.82) is 0 Å². The standard InChI is InChI=1S/C14H9Cl3N2O/c15-11-5-2-1-4-9(11)14(20)19-18-8-10-12(16)6-3-7-13(10)17/h1-8H,(H,19,20)/b18-8+. The Kier molecular flexibility index (Phi) is 5.01. The van der Waals surface area contributed by atoms with Crippen LogP contribution in [0.1, 0.15) is 15.9 Å². The predicted octanol–water partition coefficient (Wildman–Crippen LogP) is 4.41. The smallest absolute Gasteiger partial charge is 0.267 e. The van der Waals surface area contributed by atoms with Gasteiger partial charge in [0.05, 0.1) is 26.8 Å². The van der Waals surface area contributed by atoms with E-state index in [0.717, 1.165) is 0 Å². The first-order valence-corrected chi connectivity index (χ1v) is 6.75. The highest BCUT2D eigenvalue weighted by Gasteiger charge is 2.08. The molecule has 3 nitrogen and oxygen atoms in total. The molecule has 0 aliphatic heterocycles. The largest absolute Gasteiger partial charge is 0.272 e. The minimum atomic E-state index is -0.407. The normalized spacial score (nSPS) is 10.8. The third kappa shape index (κ3) is 3.51. The summed E-state index contributed by atoms with van der Waals surface area (Å²) in [5.41, 5.74) is 3.25. The fourth-order valence-electron chi connectivity index (χ4n) is 1.50. The first kappa shape index (κ1) is 14.9. The van der Waals surface area contributed by atoms with Crippen molar-refractivity contribution in [3.05, 3.63) is 68.7 Å². The highest BCUT2D eigenvalue weighted by Crippen LogP contribution is 2.22. The van der Waals surface area contributed by atoms with E-state index in [0.29, 0.717) is 26.2 Å². The lowest BCUT2D eigenvalue weighted by Gasteiger charge is -2.03. The molecule has 0 bridgehead atoms. The van der Waals surface area contributed by atoms with Gasteiger partial charge in [0, 0.05) is 5.56 Å². The monoisotopic (exact) mass is 326 g/mol. The molecule has 2 rings (SSSR count). The SMILES string of the molecule is O=C(N/N=C/c1c(Cl)cccc1Cl)c1ccccc1Cl. The number of hydrogen-bond acceptors (Lipinski definition) is 2. The minimum absolute atomic E-state index is 0.344. The molecule has 0 spiro atoms. The molecule has 2 aromatic carbocycles. The van der Waals surface area contributed by atoms with Crippen molar-refractivity contribution in [1.82, 2.24) is 5.43 Å². The van der Waals surface area contributed by atoms with E-state index in [1.807, 2.05) is 0 Å². The molecule has 1 N–H and O–H groups in total. The maximum Gasteiger partial charge on any atom is 0.272 e. The van der Waals surface area contributed by atoms with E-state index < -0.39 is 5.91 Å². The van der Waals surface area contributed by atoms with E-state index in [1.165, 1.54) is 6.21 Å². The van der Waals surface area contributed by atoms with Crippen LogP contribution in [0.3, 0.4) is 0 Å². The Labute approximate surface area is 131 Å². The summed E-state index contributed by atoms with van der Waals surface area (Å²) >= 11 is 17.9. The van der Waals surface area contributed by atoms with Crippen LogP contribution in [0.15, 0.2) is 47.6 Å². The molecule has 0 saturated heterocycles. The Morgan fingerprint density at radius 3 is 2.20 bits per heavy atom. The molecule has 0 aromatic heterocycles. The maximum absolute atomic E-state index is 11.9. The third-order valence-electron chi connectivity index (χ3n) is 2.48. The van der Waals surface area contributed by atoms with Gasteiger partial charge in [-0.2, -0.15) is 5.10 Å². The first-order valence-electron chi connectivity index (χ1n) is 5.61. The van der Waals surface area contributed by atoms with Crippen molar-refractivity contribution in [2.24, 2.45) is 5.10 Å². The Hall–Kier alpha value is -1.55. The number of amides is 1. The van der Waals surface area contributed by atoms with Gasteiger partial charge < -0.3 is 0 Å². The van der Waals surface area contributed by atoms with Crippen LogP contribution in [-0.2, 0) is 0 Å². The van der Waals surface area contributed by atoms with E-state index >= 15 is 0 Å². The summed E-state index contributed by atoms with van der Waals surface area (Å²) in [7, 11) is 0. The zero-order chi connectivity index (χ0) is 14.5. The van der Waals surface area contributed by atoms with Gasteiger partial charge >= 0.3 is 0 Å². The molecule has 0 unspecified atom stereocenters. The summed E-state index contributed by atoms with van der Waals surface area (Å²) in [5, 5.41) is 5.09. The molecule has 0 aliphatic carbocycles. The number of nitrogens with one attached hydrogen (secondary N) is 1. The van der Waals surface area contributed by atoms with Crippen molar-refractivity contribution in [2.45, 2.75) is 0 Å². The fraction of sp³-hybridized carbons (Fsp3) is 0. The number of hydrazone groups is 1. The van der Waals surface area contributed by atoms with Gasteiger partial charge in [0.25, 0.3) is 5.91 Å². The van der Waals surface area contributed by atoms with Gasteiger partial charge in [0.15, 0.2) is 0 Å². The molecular formula is C14H9Cl3N2O. The van der Waals surface area contributed by atoms with Gasteiger partial charge in [-0.05, 0) is 24.3 Å². The van der Waals surface area contributed by atoms with Crippen LogP contribution in [-0.4, -0.2) is 12.1 Å². The number of benzene rings is 2. The van der Waals surface area contributed by atoms with E-state index in [9.17, 15) is 4.79 Å². The van der Waals surface area contributed by atoms with Crippen molar-refractivity contribution in [3.63, 3.8) is 0 Å².